The van der Waals surface area contributed by atoms with Crippen LogP contribution >= 0.6 is 34.5 Å². The Morgan fingerprint density at radius 2 is 2.04 bits per heavy atom. The summed E-state index contributed by atoms with van der Waals surface area (Å²) in [7, 11) is 0. The maximum atomic E-state index is 12.7. The number of halogens is 2. The summed E-state index contributed by atoms with van der Waals surface area (Å²) in [5.74, 6) is 0.702. The third kappa shape index (κ3) is 3.85. The molecular formula is C17H19Cl2N3OS. The van der Waals surface area contributed by atoms with E-state index in [-0.39, 0.29) is 5.91 Å². The number of nitrogens with one attached hydrogen (secondary N) is 1. The highest BCUT2D eigenvalue weighted by atomic mass is 35.5. The number of piperidine rings is 1. The molecule has 1 aromatic heterocycles. The predicted octanol–water partition coefficient (Wildman–Crippen LogP) is 5.37. The molecule has 0 atom stereocenters. The molecule has 0 radical (unpaired) electrons. The van der Waals surface area contributed by atoms with Gasteiger partial charge >= 0.3 is 0 Å². The van der Waals surface area contributed by atoms with Crippen LogP contribution in [0.5, 0.6) is 0 Å². The van der Waals surface area contributed by atoms with Gasteiger partial charge < -0.3 is 10.2 Å². The van der Waals surface area contributed by atoms with Crippen LogP contribution in [0.15, 0.2) is 18.2 Å². The van der Waals surface area contributed by atoms with Gasteiger partial charge in [0.15, 0.2) is 5.13 Å². The average Bonchev–Trinajstić information content (AvgIpc) is 2.91. The average molecular weight is 384 g/mol. The Morgan fingerprint density at radius 1 is 1.33 bits per heavy atom. The van der Waals surface area contributed by atoms with Crippen LogP contribution < -0.4 is 5.32 Å². The van der Waals surface area contributed by atoms with Gasteiger partial charge in [0.2, 0.25) is 0 Å². The second-order valence-electron chi connectivity index (χ2n) is 6.15. The summed E-state index contributed by atoms with van der Waals surface area (Å²) in [5.41, 5.74) is 1.21. The summed E-state index contributed by atoms with van der Waals surface area (Å²) in [5, 5.41) is 4.96. The van der Waals surface area contributed by atoms with Crippen LogP contribution in [-0.2, 0) is 0 Å². The lowest BCUT2D eigenvalue weighted by atomic mass is 9.99. The molecule has 4 nitrogen and oxygen atoms in total. The Kier molecular flexibility index (Phi) is 5.33. The number of benzene rings is 1. The maximum absolute atomic E-state index is 12.7. The maximum Gasteiger partial charge on any atom is 0.273 e. The topological polar surface area (TPSA) is 45.2 Å². The molecule has 0 unspecified atom stereocenters. The first kappa shape index (κ1) is 17.5. The minimum absolute atomic E-state index is 0.0147. The monoisotopic (exact) mass is 383 g/mol. The van der Waals surface area contributed by atoms with Crippen LogP contribution in [0.25, 0.3) is 0 Å². The van der Waals surface area contributed by atoms with Crippen molar-refractivity contribution in [2.75, 3.05) is 18.4 Å². The summed E-state index contributed by atoms with van der Waals surface area (Å²) < 4.78 is 0. The minimum Gasteiger partial charge on any atom is -0.337 e. The zero-order valence-corrected chi connectivity index (χ0v) is 15.9. The molecule has 7 heteroatoms. The van der Waals surface area contributed by atoms with Crippen molar-refractivity contribution in [2.24, 2.45) is 5.92 Å². The van der Waals surface area contributed by atoms with Crippen molar-refractivity contribution in [3.8, 4) is 0 Å². The van der Waals surface area contributed by atoms with Crippen molar-refractivity contribution in [3.05, 3.63) is 38.8 Å². The van der Waals surface area contributed by atoms with Gasteiger partial charge in [-0.2, -0.15) is 0 Å². The Morgan fingerprint density at radius 3 is 2.75 bits per heavy atom. The van der Waals surface area contributed by atoms with Crippen molar-refractivity contribution >= 4 is 51.3 Å². The van der Waals surface area contributed by atoms with E-state index in [9.17, 15) is 4.79 Å². The molecule has 2 aromatic rings. The molecule has 0 aliphatic carbocycles. The van der Waals surface area contributed by atoms with Crippen LogP contribution in [0.3, 0.4) is 0 Å². The molecule has 0 bridgehead atoms. The Labute approximate surface area is 155 Å². The van der Waals surface area contributed by atoms with E-state index < -0.39 is 0 Å². The molecule has 128 valence electrons. The fourth-order valence-electron chi connectivity index (χ4n) is 2.72. The quantitative estimate of drug-likeness (QED) is 0.773. The molecule has 24 heavy (non-hydrogen) atoms. The van der Waals surface area contributed by atoms with Gasteiger partial charge in [-0.3, -0.25) is 4.79 Å². The summed E-state index contributed by atoms with van der Waals surface area (Å²) in [6.07, 6.45) is 2.11. The van der Waals surface area contributed by atoms with Gasteiger partial charge in [0.25, 0.3) is 5.91 Å². The number of aromatic nitrogens is 1. The number of thiazole rings is 1. The van der Waals surface area contributed by atoms with Gasteiger partial charge in [0, 0.05) is 23.0 Å². The van der Waals surface area contributed by atoms with E-state index in [2.05, 4.69) is 17.2 Å². The number of likely N-dealkylation sites (tertiary alicyclic amines) is 1. The number of aryl methyl sites for hydroxylation is 1. The van der Waals surface area contributed by atoms with Crippen LogP contribution in [0.4, 0.5) is 10.8 Å². The Bertz CT molecular complexity index is 754. The minimum atomic E-state index is 0.0147. The van der Waals surface area contributed by atoms with E-state index in [0.29, 0.717) is 32.5 Å². The molecule has 1 N–H and O–H groups in total. The number of carbonyl (C=O) groups excluding carboxylic acids is 1. The Balaban J connectivity index is 1.77. The summed E-state index contributed by atoms with van der Waals surface area (Å²) in [4.78, 5) is 20.0. The molecule has 0 saturated carbocycles. The van der Waals surface area contributed by atoms with E-state index in [1.165, 1.54) is 11.3 Å². The zero-order valence-electron chi connectivity index (χ0n) is 13.6. The number of amides is 1. The lowest BCUT2D eigenvalue weighted by molar-refractivity contribution is 0.0691. The lowest BCUT2D eigenvalue weighted by Gasteiger charge is -2.29. The molecule has 3 rings (SSSR count). The van der Waals surface area contributed by atoms with E-state index in [1.807, 2.05) is 11.8 Å². The van der Waals surface area contributed by atoms with Gasteiger partial charge in [-0.25, -0.2) is 4.98 Å². The number of nitrogens with zero attached hydrogens (tertiary/aromatic N) is 2. The van der Waals surface area contributed by atoms with Gasteiger partial charge in [-0.15, -0.1) is 11.3 Å². The second kappa shape index (κ2) is 7.30. The largest absolute Gasteiger partial charge is 0.337 e. The van der Waals surface area contributed by atoms with Crippen molar-refractivity contribution < 1.29 is 4.79 Å². The third-order valence-electron chi connectivity index (χ3n) is 4.24. The van der Waals surface area contributed by atoms with Gasteiger partial charge in [-0.05, 0) is 43.9 Å². The number of rotatable bonds is 3. The fraction of sp³-hybridized carbons (Fsp3) is 0.412. The van der Waals surface area contributed by atoms with Crippen LogP contribution in [0.2, 0.25) is 10.0 Å². The highest BCUT2D eigenvalue weighted by Crippen LogP contribution is 2.32. The first-order valence-corrected chi connectivity index (χ1v) is 9.50. The van der Waals surface area contributed by atoms with Crippen molar-refractivity contribution in [2.45, 2.75) is 26.7 Å². The van der Waals surface area contributed by atoms with Crippen molar-refractivity contribution in [3.63, 3.8) is 0 Å². The van der Waals surface area contributed by atoms with Crippen molar-refractivity contribution in [1.82, 2.24) is 9.88 Å². The van der Waals surface area contributed by atoms with E-state index in [4.69, 9.17) is 23.2 Å². The molecule has 1 aliphatic heterocycles. The first-order valence-electron chi connectivity index (χ1n) is 7.93. The lowest BCUT2D eigenvalue weighted by Crippen LogP contribution is -2.38. The SMILES string of the molecule is Cc1sc(Nc2cc(Cl)ccc2Cl)nc1C(=O)N1CCC(C)CC1. The fourth-order valence-corrected chi connectivity index (χ4v) is 3.87. The van der Waals surface area contributed by atoms with Gasteiger partial charge in [0.1, 0.15) is 5.69 Å². The molecule has 0 spiro atoms. The van der Waals surface area contributed by atoms with E-state index in [1.54, 1.807) is 18.2 Å². The molecule has 1 aromatic carbocycles. The number of carbonyl (C=O) groups is 1. The molecule has 1 amide bonds. The van der Waals surface area contributed by atoms with Gasteiger partial charge in [0.05, 0.1) is 10.7 Å². The van der Waals surface area contributed by atoms with Crippen LogP contribution in [0.1, 0.15) is 35.1 Å². The normalized spacial score (nSPS) is 15.6. The zero-order chi connectivity index (χ0) is 17.3. The number of hydrogen-bond donors (Lipinski definition) is 1. The molecule has 1 aliphatic rings. The number of hydrogen-bond acceptors (Lipinski definition) is 4. The van der Waals surface area contributed by atoms with Crippen LogP contribution in [-0.4, -0.2) is 28.9 Å². The van der Waals surface area contributed by atoms with Gasteiger partial charge in [-0.1, -0.05) is 30.1 Å². The highest BCUT2D eigenvalue weighted by molar-refractivity contribution is 7.15. The van der Waals surface area contributed by atoms with E-state index >= 15 is 0 Å². The standard InChI is InChI=1S/C17H19Cl2N3OS/c1-10-5-7-22(8-6-10)16(23)15-11(2)24-17(21-15)20-14-9-12(18)3-4-13(14)19/h3-4,9-10H,5-8H2,1-2H3,(H,20,21). The molecular weight excluding hydrogens is 365 g/mol. The number of anilines is 2. The first-order chi connectivity index (χ1) is 11.4. The van der Waals surface area contributed by atoms with E-state index in [0.717, 1.165) is 30.8 Å². The smallest absolute Gasteiger partial charge is 0.273 e. The molecule has 1 saturated heterocycles. The second-order valence-corrected chi connectivity index (χ2v) is 8.19. The predicted molar refractivity (Wildman–Crippen MR) is 101 cm³/mol. The summed E-state index contributed by atoms with van der Waals surface area (Å²) >= 11 is 13.6. The van der Waals surface area contributed by atoms with Crippen molar-refractivity contribution in [1.29, 1.82) is 0 Å². The molecule has 2 heterocycles. The summed E-state index contributed by atoms with van der Waals surface area (Å²) in [6.45, 7) is 5.76. The third-order valence-corrected chi connectivity index (χ3v) is 5.69. The highest BCUT2D eigenvalue weighted by Gasteiger charge is 2.25. The molecule has 1 fully saturated rings. The summed E-state index contributed by atoms with van der Waals surface area (Å²) in [6, 6.07) is 5.20. The Hall–Kier alpha value is -1.30. The van der Waals surface area contributed by atoms with Crippen LogP contribution in [0, 0.1) is 12.8 Å².